The first-order valence-electron chi connectivity index (χ1n) is 6.69. The van der Waals surface area contributed by atoms with E-state index in [1.54, 1.807) is 0 Å². The molecule has 0 radical (unpaired) electrons. The van der Waals surface area contributed by atoms with Gasteiger partial charge in [0.15, 0.2) is 5.11 Å². The third-order valence-electron chi connectivity index (χ3n) is 3.36. The summed E-state index contributed by atoms with van der Waals surface area (Å²) in [7, 11) is 0. The normalized spacial score (nSPS) is 16.5. The molecule has 0 fully saturated rings. The summed E-state index contributed by atoms with van der Waals surface area (Å²) in [6.07, 6.45) is 0. The minimum absolute atomic E-state index is 0.00553. The maximum atomic E-state index is 9.35. The highest BCUT2D eigenvalue weighted by atomic mass is 32.1. The van der Waals surface area contributed by atoms with Crippen LogP contribution in [-0.4, -0.2) is 28.6 Å². The van der Waals surface area contributed by atoms with Crippen LogP contribution >= 0.6 is 12.2 Å². The van der Waals surface area contributed by atoms with Crippen LogP contribution in [0.2, 0.25) is 0 Å². The number of hydrogen-bond acceptors (Lipinski definition) is 6. The van der Waals surface area contributed by atoms with E-state index in [9.17, 15) is 15.8 Å². The third-order valence-corrected chi connectivity index (χ3v) is 3.69. The summed E-state index contributed by atoms with van der Waals surface area (Å²) in [6.45, 7) is 0.588. The first kappa shape index (κ1) is 16.3. The van der Waals surface area contributed by atoms with E-state index in [0.717, 1.165) is 5.69 Å². The van der Waals surface area contributed by atoms with Gasteiger partial charge in [0, 0.05) is 18.8 Å². The number of anilines is 1. The van der Waals surface area contributed by atoms with Crippen molar-refractivity contribution in [1.29, 1.82) is 15.8 Å². The van der Waals surface area contributed by atoms with Gasteiger partial charge in [0.2, 0.25) is 5.54 Å². The van der Waals surface area contributed by atoms with Gasteiger partial charge in [0.25, 0.3) is 0 Å². The first-order valence-corrected chi connectivity index (χ1v) is 7.10. The van der Waals surface area contributed by atoms with Crippen molar-refractivity contribution in [3.8, 4) is 18.2 Å². The molecule has 4 N–H and O–H groups in total. The van der Waals surface area contributed by atoms with E-state index in [0.29, 0.717) is 6.54 Å². The summed E-state index contributed by atoms with van der Waals surface area (Å²) in [5.74, 6) is -0.00553. The summed E-state index contributed by atoms with van der Waals surface area (Å²) in [4.78, 5) is 1.50. The lowest BCUT2D eigenvalue weighted by atomic mass is 9.93. The molecule has 0 bridgehead atoms. The highest BCUT2D eigenvalue weighted by Gasteiger charge is 2.40. The van der Waals surface area contributed by atoms with E-state index < -0.39 is 5.54 Å². The number of hydrogen-bond donors (Lipinski definition) is 3. The lowest BCUT2D eigenvalue weighted by molar-refractivity contribution is 0.502. The zero-order chi connectivity index (χ0) is 16.9. The SMILES string of the molecule is N#CC1=C(N)N(C(=S)Nc2ccccc2)CCNC1(C#N)C#N. The number of nitrogens with zero attached hydrogens (tertiary/aromatic N) is 4. The molecule has 2 rings (SSSR count). The standard InChI is InChI=1S/C15H13N7S/c16-8-12-13(19)22(7-6-20-15(12,9-17)10-18)14(23)21-11-4-2-1-3-5-11/h1-5,20H,6-7,19H2,(H,21,23). The van der Waals surface area contributed by atoms with Gasteiger partial charge in [-0.15, -0.1) is 0 Å². The number of rotatable bonds is 1. The summed E-state index contributed by atoms with van der Waals surface area (Å²) in [5.41, 5.74) is 4.88. The Morgan fingerprint density at radius 3 is 2.48 bits per heavy atom. The van der Waals surface area contributed by atoms with Gasteiger partial charge < -0.3 is 16.0 Å². The molecule has 23 heavy (non-hydrogen) atoms. The molecule has 0 unspecified atom stereocenters. The fourth-order valence-electron chi connectivity index (χ4n) is 2.17. The van der Waals surface area contributed by atoms with E-state index >= 15 is 0 Å². The molecule has 1 aliphatic rings. The zero-order valence-corrected chi connectivity index (χ0v) is 12.9. The van der Waals surface area contributed by atoms with Crippen LogP contribution in [0.15, 0.2) is 41.7 Å². The minimum atomic E-state index is -1.77. The molecule has 114 valence electrons. The monoisotopic (exact) mass is 323 g/mol. The average Bonchev–Trinajstić information content (AvgIpc) is 2.72. The van der Waals surface area contributed by atoms with Gasteiger partial charge in [-0.05, 0) is 24.4 Å². The highest BCUT2D eigenvalue weighted by Crippen LogP contribution is 2.22. The first-order chi connectivity index (χ1) is 11.1. The number of nitrogens with two attached hydrogens (primary N) is 1. The second-order valence-corrected chi connectivity index (χ2v) is 5.11. The van der Waals surface area contributed by atoms with Crippen LogP contribution in [0.3, 0.4) is 0 Å². The van der Waals surface area contributed by atoms with Crippen LogP contribution in [0, 0.1) is 34.0 Å². The van der Waals surface area contributed by atoms with Gasteiger partial charge in [0.1, 0.15) is 29.6 Å². The van der Waals surface area contributed by atoms with Crippen LogP contribution in [0.5, 0.6) is 0 Å². The van der Waals surface area contributed by atoms with Crippen molar-refractivity contribution in [2.75, 3.05) is 18.4 Å². The Morgan fingerprint density at radius 2 is 1.91 bits per heavy atom. The van der Waals surface area contributed by atoms with Gasteiger partial charge in [-0.2, -0.15) is 15.8 Å². The maximum absolute atomic E-state index is 9.35. The lowest BCUT2D eigenvalue weighted by Gasteiger charge is -2.25. The van der Waals surface area contributed by atoms with E-state index in [1.807, 2.05) is 48.5 Å². The Hall–Kier alpha value is -3.12. The van der Waals surface area contributed by atoms with Gasteiger partial charge in [-0.3, -0.25) is 5.32 Å². The Kier molecular flexibility index (Phi) is 4.78. The van der Waals surface area contributed by atoms with Crippen molar-refractivity contribution in [2.24, 2.45) is 5.73 Å². The van der Waals surface area contributed by atoms with Crippen LogP contribution in [0.25, 0.3) is 0 Å². The summed E-state index contributed by atoms with van der Waals surface area (Å²) >= 11 is 5.34. The van der Waals surface area contributed by atoms with E-state index in [-0.39, 0.29) is 23.1 Å². The number of para-hydroxylation sites is 1. The Bertz CT molecular complexity index is 750. The van der Waals surface area contributed by atoms with Crippen molar-refractivity contribution < 1.29 is 0 Å². The molecule has 0 amide bonds. The van der Waals surface area contributed by atoms with E-state index in [2.05, 4.69) is 10.6 Å². The summed E-state index contributed by atoms with van der Waals surface area (Å²) < 4.78 is 0. The number of nitrogens with one attached hydrogen (secondary N) is 2. The van der Waals surface area contributed by atoms with Gasteiger partial charge in [0.05, 0.1) is 0 Å². The molecule has 0 saturated carbocycles. The molecule has 0 atom stereocenters. The largest absolute Gasteiger partial charge is 0.384 e. The van der Waals surface area contributed by atoms with Gasteiger partial charge in [-0.25, -0.2) is 0 Å². The molecule has 1 aromatic rings. The van der Waals surface area contributed by atoms with Crippen molar-refractivity contribution in [2.45, 2.75) is 5.54 Å². The topological polar surface area (TPSA) is 125 Å². The quantitative estimate of drug-likeness (QED) is 0.647. The van der Waals surface area contributed by atoms with Crippen molar-refractivity contribution in [3.63, 3.8) is 0 Å². The van der Waals surface area contributed by atoms with Crippen molar-refractivity contribution >= 4 is 23.0 Å². The molecule has 1 heterocycles. The molecule has 0 spiro atoms. The Balaban J connectivity index is 2.37. The van der Waals surface area contributed by atoms with Crippen LogP contribution in [0.4, 0.5) is 5.69 Å². The highest BCUT2D eigenvalue weighted by molar-refractivity contribution is 7.80. The van der Waals surface area contributed by atoms with Crippen LogP contribution in [0.1, 0.15) is 0 Å². The average molecular weight is 323 g/mol. The second kappa shape index (κ2) is 6.76. The van der Waals surface area contributed by atoms with Crippen molar-refractivity contribution in [1.82, 2.24) is 10.2 Å². The fraction of sp³-hybridized carbons (Fsp3) is 0.200. The third kappa shape index (κ3) is 3.07. The fourth-order valence-corrected chi connectivity index (χ4v) is 2.48. The lowest BCUT2D eigenvalue weighted by Crippen LogP contribution is -2.44. The molecular formula is C15H13N7S. The summed E-state index contributed by atoms with van der Waals surface area (Å²) in [6, 6.07) is 14.8. The van der Waals surface area contributed by atoms with Crippen LogP contribution in [-0.2, 0) is 0 Å². The van der Waals surface area contributed by atoms with E-state index in [4.69, 9.17) is 18.0 Å². The molecule has 0 aromatic heterocycles. The molecule has 7 nitrogen and oxygen atoms in total. The summed E-state index contributed by atoms with van der Waals surface area (Å²) in [5, 5.41) is 34.0. The molecule has 1 aliphatic heterocycles. The Labute approximate surface area is 139 Å². The zero-order valence-electron chi connectivity index (χ0n) is 12.1. The number of benzene rings is 1. The number of nitriles is 3. The Morgan fingerprint density at radius 1 is 1.26 bits per heavy atom. The molecule has 0 saturated heterocycles. The molecule has 1 aromatic carbocycles. The van der Waals surface area contributed by atoms with Crippen LogP contribution < -0.4 is 16.4 Å². The second-order valence-electron chi connectivity index (χ2n) is 4.72. The molecule has 0 aliphatic carbocycles. The van der Waals surface area contributed by atoms with Gasteiger partial charge in [-0.1, -0.05) is 18.2 Å². The molecule has 8 heteroatoms. The number of thiocarbonyl (C=S) groups is 1. The molecular weight excluding hydrogens is 310 g/mol. The maximum Gasteiger partial charge on any atom is 0.232 e. The van der Waals surface area contributed by atoms with Gasteiger partial charge >= 0.3 is 0 Å². The van der Waals surface area contributed by atoms with Crippen molar-refractivity contribution in [3.05, 3.63) is 41.7 Å². The minimum Gasteiger partial charge on any atom is -0.384 e. The smallest absolute Gasteiger partial charge is 0.232 e. The predicted octanol–water partition coefficient (Wildman–Crippen LogP) is 0.768. The predicted molar refractivity (Wildman–Crippen MR) is 88.2 cm³/mol. The van der Waals surface area contributed by atoms with E-state index in [1.165, 1.54) is 4.90 Å².